The molecule has 4 aromatic rings. The Morgan fingerprint density at radius 2 is 0.987 bits per heavy atom. The second kappa shape index (κ2) is 20.6. The second-order valence-electron chi connectivity index (χ2n) is 21.9. The molecular formula is C54H53F9O13S2. The number of hydrogen-bond acceptors (Lipinski definition) is 13. The van der Waals surface area contributed by atoms with E-state index in [0.29, 0.717) is 12.8 Å². The van der Waals surface area contributed by atoms with E-state index in [1.807, 2.05) is 0 Å². The first kappa shape index (κ1) is 58.1. The van der Waals surface area contributed by atoms with Gasteiger partial charge >= 0.3 is 48.4 Å². The van der Waals surface area contributed by atoms with Crippen LogP contribution in [0.15, 0.2) is 103 Å². The molecule has 0 N–H and O–H groups in total. The Morgan fingerprint density at radius 1 is 0.590 bits per heavy atom. The molecule has 8 aliphatic carbocycles. The molecule has 5 atom stereocenters. The lowest BCUT2D eigenvalue weighted by molar-refractivity contribution is -0.290. The highest BCUT2D eigenvalue weighted by Gasteiger charge is 2.70. The van der Waals surface area contributed by atoms with Crippen LogP contribution in [0.4, 0.5) is 39.5 Å². The first-order chi connectivity index (χ1) is 36.1. The van der Waals surface area contributed by atoms with Crippen LogP contribution in [0.25, 0.3) is 25.1 Å². The summed E-state index contributed by atoms with van der Waals surface area (Å²) in [6.07, 6.45) is -17.8. The van der Waals surface area contributed by atoms with Gasteiger partial charge < -0.3 is 28.2 Å². The molecule has 0 amide bonds. The maximum Gasteiger partial charge on any atom is 0.490 e. The Kier molecular flexibility index (Phi) is 15.3. The number of alkyl halides is 9. The minimum atomic E-state index is -5.33. The molecule has 422 valence electrons. The van der Waals surface area contributed by atoms with Crippen molar-refractivity contribution in [2.75, 3.05) is 5.75 Å². The van der Waals surface area contributed by atoms with Gasteiger partial charge in [-0.25, -0.2) is 27.6 Å². The molecule has 3 aromatic carbocycles. The zero-order valence-electron chi connectivity index (χ0n) is 41.9. The Balaban J connectivity index is 0.000000158. The van der Waals surface area contributed by atoms with Crippen LogP contribution in [0.3, 0.4) is 0 Å². The van der Waals surface area contributed by atoms with Crippen LogP contribution in [0.2, 0.25) is 0 Å². The molecule has 8 aliphatic rings. The van der Waals surface area contributed by atoms with Crippen LogP contribution in [0.5, 0.6) is 0 Å². The normalized spacial score (nSPS) is 29.0. The van der Waals surface area contributed by atoms with Crippen molar-refractivity contribution in [3.63, 3.8) is 0 Å². The molecule has 0 aliphatic heterocycles. The second-order valence-corrected chi connectivity index (χ2v) is 25.3. The fourth-order valence-corrected chi connectivity index (χ4v) is 16.5. The molecule has 8 saturated carbocycles. The van der Waals surface area contributed by atoms with Gasteiger partial charge in [-0.1, -0.05) is 55.6 Å². The average Bonchev–Trinajstić information content (AvgIpc) is 3.82. The third kappa shape index (κ3) is 12.4. The lowest BCUT2D eigenvalue weighted by Gasteiger charge is -2.63. The lowest BCUT2D eigenvalue weighted by Crippen LogP contribution is -2.69. The highest BCUT2D eigenvalue weighted by atomic mass is 32.2. The summed E-state index contributed by atoms with van der Waals surface area (Å²) in [7, 11) is -5.21. The van der Waals surface area contributed by atoms with Gasteiger partial charge in [-0.05, 0) is 119 Å². The van der Waals surface area contributed by atoms with E-state index in [0.717, 1.165) is 6.42 Å². The van der Waals surface area contributed by atoms with Gasteiger partial charge in [-0.15, -0.1) is 0 Å². The fourth-order valence-electron chi connectivity index (χ4n) is 13.4. The van der Waals surface area contributed by atoms with Crippen molar-refractivity contribution in [1.29, 1.82) is 0 Å². The largest absolute Gasteiger partial charge is 0.748 e. The topological polar surface area (TPSA) is 189 Å². The van der Waals surface area contributed by atoms with Crippen LogP contribution in [-0.4, -0.2) is 95.6 Å². The monoisotopic (exact) mass is 1140 g/mol. The number of carbonyl (C=O) groups is 5. The molecular weight excluding hydrogens is 1090 g/mol. The van der Waals surface area contributed by atoms with Crippen molar-refractivity contribution in [3.8, 4) is 4.90 Å². The third-order valence-corrected chi connectivity index (χ3v) is 18.3. The van der Waals surface area contributed by atoms with Crippen LogP contribution in [-0.2, 0) is 57.8 Å². The van der Waals surface area contributed by atoms with Gasteiger partial charge in [-0.3, -0.25) is 4.79 Å². The van der Waals surface area contributed by atoms with E-state index < -0.39 is 111 Å². The SMILES string of the molecule is C=C(C)C(=O)OC12CC3CC(C1)CC(C(=O)OC(CS(=O)(=O)[O-])C(F)(F)F)(C3)C2.C=C(C)C(=O)OC12CC3CC(OC(=O)C(F)(F)F)(C1)CC(OC(=O)C(F)(F)F)(C3)C2.c1ccc(-[s+]2c3ccccc3c3ccccc32)cc1. The quantitative estimate of drug-likeness (QED) is 0.0345. The van der Waals surface area contributed by atoms with Crippen molar-refractivity contribution >= 4 is 70.6 Å². The van der Waals surface area contributed by atoms with Gasteiger partial charge in [0.15, 0.2) is 14.3 Å². The zero-order chi connectivity index (χ0) is 57.2. The Labute approximate surface area is 444 Å². The number of rotatable bonds is 11. The average molecular weight is 1150 g/mol. The van der Waals surface area contributed by atoms with Gasteiger partial charge in [0, 0.05) is 58.1 Å². The highest BCUT2D eigenvalue weighted by molar-refractivity contribution is 7.85. The van der Waals surface area contributed by atoms with Crippen molar-refractivity contribution < 1.29 is 100 Å². The summed E-state index contributed by atoms with van der Waals surface area (Å²) in [5, 5.41) is 2.79. The summed E-state index contributed by atoms with van der Waals surface area (Å²) in [5.41, 5.74) is -7.44. The van der Waals surface area contributed by atoms with Gasteiger partial charge in [0.25, 0.3) is 0 Å². The molecule has 8 fully saturated rings. The minimum absolute atomic E-state index is 0.0134. The molecule has 8 bridgehead atoms. The number of thiophene rings is 1. The van der Waals surface area contributed by atoms with Crippen molar-refractivity contribution in [1.82, 2.24) is 0 Å². The zero-order valence-corrected chi connectivity index (χ0v) is 43.6. The summed E-state index contributed by atoms with van der Waals surface area (Å²) < 4.78 is 177. The van der Waals surface area contributed by atoms with E-state index >= 15 is 0 Å². The van der Waals surface area contributed by atoms with Crippen LogP contribution in [0, 0.1) is 23.2 Å². The number of halogens is 9. The van der Waals surface area contributed by atoms with E-state index in [4.69, 9.17) is 18.9 Å². The third-order valence-electron chi connectivity index (χ3n) is 15.2. The molecule has 24 heteroatoms. The van der Waals surface area contributed by atoms with Crippen LogP contribution in [0.1, 0.15) is 90.9 Å². The van der Waals surface area contributed by atoms with Gasteiger partial charge in [-0.2, -0.15) is 39.5 Å². The predicted octanol–water partition coefficient (Wildman–Crippen LogP) is 11.7. The van der Waals surface area contributed by atoms with Crippen molar-refractivity contribution in [3.05, 3.63) is 103 Å². The predicted molar refractivity (Wildman–Crippen MR) is 261 cm³/mol. The first-order valence-corrected chi connectivity index (χ1v) is 27.4. The number of fused-ring (bicyclic) bond motifs is 3. The number of esters is 5. The van der Waals surface area contributed by atoms with E-state index in [2.05, 4.69) is 96.8 Å². The van der Waals surface area contributed by atoms with Crippen molar-refractivity contribution in [2.24, 2.45) is 23.2 Å². The molecule has 1 aromatic heterocycles. The fraction of sp³-hybridized carbons (Fsp3) is 0.500. The first-order valence-electron chi connectivity index (χ1n) is 24.6. The van der Waals surface area contributed by atoms with Crippen molar-refractivity contribution in [2.45, 2.75) is 138 Å². The molecule has 13 nitrogen and oxygen atoms in total. The number of carbonyl (C=O) groups excluding carboxylic acids is 5. The molecule has 1 heterocycles. The van der Waals surface area contributed by atoms with E-state index in [9.17, 15) is 76.5 Å². The minimum Gasteiger partial charge on any atom is -0.748 e. The van der Waals surface area contributed by atoms with E-state index in [-0.39, 0.29) is 84.8 Å². The Hall–Kier alpha value is -6.01. The Bertz CT molecular complexity index is 3050. The summed E-state index contributed by atoms with van der Waals surface area (Å²) in [4.78, 5) is 61.4. The van der Waals surface area contributed by atoms with Crippen LogP contribution >= 0.6 is 10.5 Å². The number of benzene rings is 3. The standard InChI is InChI=1S/C18H18F6O6.C18H23F3O7S.C18H13S/c1-9(2)11(25)28-14-3-10-4-15(6-14,29-12(26)17(19,20)21)8-16(5-10,7-14)30-13(27)18(22,23)24;1-10(2)14(22)28-17-6-11-3-12(7-17)5-16(4-11,9-17)15(23)27-13(18(19,20)21)8-29(24,25)26;1-2-8-14(9-3-1)19-17-12-6-4-10-15(17)16-11-5-7-13-18(16)19/h10H,1,3-8H2,2H3;11-13H,1,3-9H2,2H3,(H,24,25,26);1-13H/q;;+1/p-1. The van der Waals surface area contributed by atoms with E-state index in [1.165, 1.54) is 38.9 Å². The highest BCUT2D eigenvalue weighted by Crippen LogP contribution is 2.65. The maximum atomic E-state index is 13.2. The molecule has 12 rings (SSSR count). The van der Waals surface area contributed by atoms with E-state index in [1.54, 1.807) is 0 Å². The molecule has 0 saturated heterocycles. The van der Waals surface area contributed by atoms with Crippen LogP contribution < -0.4 is 0 Å². The molecule has 5 unspecified atom stereocenters. The molecule has 0 radical (unpaired) electrons. The smallest absolute Gasteiger partial charge is 0.490 e. The Morgan fingerprint density at radius 3 is 1.40 bits per heavy atom. The molecule has 0 spiro atoms. The lowest BCUT2D eigenvalue weighted by atomic mass is 9.48. The van der Waals surface area contributed by atoms with Gasteiger partial charge in [0.05, 0.1) is 21.3 Å². The number of ether oxygens (including phenoxy) is 5. The summed E-state index contributed by atoms with van der Waals surface area (Å²) in [6.45, 7) is 9.73. The molecule has 78 heavy (non-hydrogen) atoms. The number of hydrogen-bond donors (Lipinski definition) is 0. The van der Waals surface area contributed by atoms with Gasteiger partial charge in [0.2, 0.25) is 6.10 Å². The summed E-state index contributed by atoms with van der Waals surface area (Å²) in [5.74, 6) is -10.2. The maximum absolute atomic E-state index is 13.2. The van der Waals surface area contributed by atoms with Gasteiger partial charge in [0.1, 0.15) is 22.4 Å². The summed E-state index contributed by atoms with van der Waals surface area (Å²) in [6, 6.07) is 28.4. The summed E-state index contributed by atoms with van der Waals surface area (Å²) >= 11 is 0.